The van der Waals surface area contributed by atoms with Gasteiger partial charge in [0.15, 0.2) is 0 Å². The zero-order valence-corrected chi connectivity index (χ0v) is 12.9. The Labute approximate surface area is 128 Å². The second-order valence-electron chi connectivity index (χ2n) is 5.68. The van der Waals surface area contributed by atoms with E-state index in [-0.39, 0.29) is 23.7 Å². The summed E-state index contributed by atoms with van der Waals surface area (Å²) in [4.78, 5) is 17.0. The molecule has 0 amide bonds. The number of nitrogens with one attached hydrogen (secondary N) is 2. The van der Waals surface area contributed by atoms with Crippen LogP contribution in [0.3, 0.4) is 0 Å². The van der Waals surface area contributed by atoms with Crippen molar-refractivity contribution in [3.05, 3.63) is 27.4 Å². The second-order valence-corrected chi connectivity index (χ2v) is 6.06. The summed E-state index contributed by atoms with van der Waals surface area (Å²) >= 11 is 6.15. The van der Waals surface area contributed by atoms with E-state index in [1.54, 1.807) is 10.8 Å². The van der Waals surface area contributed by atoms with Gasteiger partial charge in [-0.1, -0.05) is 11.6 Å². The van der Waals surface area contributed by atoms with Crippen molar-refractivity contribution in [2.24, 2.45) is 0 Å². The first-order valence-corrected chi connectivity index (χ1v) is 7.89. The van der Waals surface area contributed by atoms with Crippen LogP contribution in [0.25, 0.3) is 0 Å². The molecule has 0 aliphatic carbocycles. The third kappa shape index (κ3) is 3.13. The molecule has 2 aliphatic heterocycles. The lowest BCUT2D eigenvalue weighted by Crippen LogP contribution is -2.45. The van der Waals surface area contributed by atoms with Gasteiger partial charge in [0.2, 0.25) is 0 Å². The molecule has 21 heavy (non-hydrogen) atoms. The van der Waals surface area contributed by atoms with Crippen LogP contribution in [0, 0.1) is 0 Å². The molecular weight excluding hydrogens is 292 g/mol. The molecule has 1 unspecified atom stereocenters. The van der Waals surface area contributed by atoms with Crippen molar-refractivity contribution in [2.45, 2.75) is 38.0 Å². The number of nitrogens with zero attached hydrogens (tertiary/aromatic N) is 2. The Balaban J connectivity index is 1.97. The quantitative estimate of drug-likeness (QED) is 0.848. The van der Waals surface area contributed by atoms with Gasteiger partial charge in [0, 0.05) is 24.8 Å². The molecule has 2 aliphatic rings. The molecule has 0 spiro atoms. The lowest BCUT2D eigenvalue weighted by atomic mass is 10.1. The zero-order valence-electron chi connectivity index (χ0n) is 12.1. The molecule has 0 aromatic carbocycles. The van der Waals surface area contributed by atoms with Gasteiger partial charge in [-0.2, -0.15) is 0 Å². The molecule has 3 rings (SSSR count). The largest absolute Gasteiger partial charge is 0.369 e. The van der Waals surface area contributed by atoms with E-state index < -0.39 is 0 Å². The minimum Gasteiger partial charge on any atom is -0.369 e. The number of aromatic nitrogens is 2. The van der Waals surface area contributed by atoms with E-state index in [9.17, 15) is 4.79 Å². The van der Waals surface area contributed by atoms with Crippen LogP contribution in [-0.2, 0) is 4.74 Å². The fourth-order valence-corrected chi connectivity index (χ4v) is 3.27. The summed E-state index contributed by atoms with van der Waals surface area (Å²) in [5, 5.41) is 6.97. The van der Waals surface area contributed by atoms with Crippen LogP contribution < -0.4 is 16.2 Å². The van der Waals surface area contributed by atoms with E-state index in [1.165, 1.54) is 0 Å². The highest BCUT2D eigenvalue weighted by Gasteiger charge is 2.29. The Morgan fingerprint density at radius 1 is 1.38 bits per heavy atom. The summed E-state index contributed by atoms with van der Waals surface area (Å²) in [6.07, 6.45) is 3.18. The van der Waals surface area contributed by atoms with Crippen LogP contribution in [0.5, 0.6) is 0 Å². The first-order chi connectivity index (χ1) is 10.2. The third-order valence-corrected chi connectivity index (χ3v) is 4.40. The number of piperidine rings is 1. The summed E-state index contributed by atoms with van der Waals surface area (Å²) in [5.41, 5.74) is 0.340. The molecule has 0 saturated carbocycles. The van der Waals surface area contributed by atoms with Crippen molar-refractivity contribution in [1.29, 1.82) is 0 Å². The van der Waals surface area contributed by atoms with E-state index in [4.69, 9.17) is 16.3 Å². The van der Waals surface area contributed by atoms with Gasteiger partial charge in [-0.05, 0) is 32.9 Å². The minimum atomic E-state index is -0.335. The maximum absolute atomic E-state index is 12.8. The molecule has 2 fully saturated rings. The monoisotopic (exact) mass is 312 g/mol. The molecule has 1 aromatic heterocycles. The maximum Gasteiger partial charge on any atom is 0.275 e. The van der Waals surface area contributed by atoms with Crippen molar-refractivity contribution < 1.29 is 4.74 Å². The minimum absolute atomic E-state index is 0.0545. The summed E-state index contributed by atoms with van der Waals surface area (Å²) in [6.45, 7) is 5.21. The Morgan fingerprint density at radius 3 is 2.86 bits per heavy atom. The van der Waals surface area contributed by atoms with E-state index in [0.717, 1.165) is 32.5 Å². The van der Waals surface area contributed by atoms with Crippen molar-refractivity contribution >= 4 is 11.6 Å². The Morgan fingerprint density at radius 2 is 2.14 bits per heavy atom. The van der Waals surface area contributed by atoms with Gasteiger partial charge in [-0.15, -0.1) is 0 Å². The highest BCUT2D eigenvalue weighted by atomic mass is 35.5. The van der Waals surface area contributed by atoms with Gasteiger partial charge < -0.3 is 19.9 Å². The van der Waals surface area contributed by atoms with Crippen molar-refractivity contribution in [3.8, 4) is 0 Å². The number of morpholine rings is 1. The van der Waals surface area contributed by atoms with Crippen LogP contribution in [-0.4, -0.2) is 41.8 Å². The Hall–Kier alpha value is -0.950. The molecule has 3 heterocycles. The molecule has 2 saturated heterocycles. The van der Waals surface area contributed by atoms with Crippen LogP contribution in [0.1, 0.15) is 37.6 Å². The Kier molecular flexibility index (Phi) is 4.59. The lowest BCUT2D eigenvalue weighted by molar-refractivity contribution is -0.00415. The zero-order chi connectivity index (χ0) is 14.8. The number of ether oxygens (including phenoxy) is 1. The van der Waals surface area contributed by atoms with Gasteiger partial charge in [0.1, 0.15) is 17.0 Å². The van der Waals surface area contributed by atoms with Gasteiger partial charge >= 0.3 is 0 Å². The number of hydrogen-bond acceptors (Lipinski definition) is 5. The lowest BCUT2D eigenvalue weighted by Gasteiger charge is -2.31. The van der Waals surface area contributed by atoms with E-state index in [2.05, 4.69) is 15.6 Å². The predicted octanol–water partition coefficient (Wildman–Crippen LogP) is 0.871. The standard InChI is InChI=1S/C14H21ClN4O2/c1-9-13(21-7-6-17-9)12-14(20)19(8-11(15)18-12)10-2-4-16-5-3-10/h8-10,13,16-17H,2-7H2,1H3/t9?,13-/m1/s1. The molecule has 116 valence electrons. The van der Waals surface area contributed by atoms with E-state index in [0.29, 0.717) is 17.5 Å². The molecule has 2 N–H and O–H groups in total. The van der Waals surface area contributed by atoms with Gasteiger partial charge in [-0.3, -0.25) is 4.79 Å². The predicted molar refractivity (Wildman–Crippen MR) is 80.8 cm³/mol. The molecule has 0 bridgehead atoms. The van der Waals surface area contributed by atoms with Gasteiger partial charge in [-0.25, -0.2) is 4.98 Å². The Bertz CT molecular complexity index is 556. The number of hydrogen-bond donors (Lipinski definition) is 2. The normalized spacial score (nSPS) is 27.7. The topological polar surface area (TPSA) is 68.2 Å². The van der Waals surface area contributed by atoms with Crippen molar-refractivity contribution in [3.63, 3.8) is 0 Å². The van der Waals surface area contributed by atoms with Crippen LogP contribution in [0.15, 0.2) is 11.0 Å². The average molecular weight is 313 g/mol. The summed E-state index contributed by atoms with van der Waals surface area (Å²) in [7, 11) is 0. The van der Waals surface area contributed by atoms with Crippen molar-refractivity contribution in [2.75, 3.05) is 26.2 Å². The summed E-state index contributed by atoms with van der Waals surface area (Å²) in [5.74, 6) is 0. The fourth-order valence-electron chi connectivity index (χ4n) is 3.08. The van der Waals surface area contributed by atoms with Crippen molar-refractivity contribution in [1.82, 2.24) is 20.2 Å². The van der Waals surface area contributed by atoms with Gasteiger partial charge in [0.05, 0.1) is 6.61 Å². The third-order valence-electron chi connectivity index (χ3n) is 4.22. The summed E-state index contributed by atoms with van der Waals surface area (Å²) < 4.78 is 7.49. The first-order valence-electron chi connectivity index (χ1n) is 7.51. The van der Waals surface area contributed by atoms with E-state index in [1.807, 2.05) is 6.92 Å². The maximum atomic E-state index is 12.8. The molecule has 6 nitrogen and oxygen atoms in total. The molecule has 0 radical (unpaired) electrons. The molecule has 1 aromatic rings. The smallest absolute Gasteiger partial charge is 0.275 e. The fraction of sp³-hybridized carbons (Fsp3) is 0.714. The number of rotatable bonds is 2. The highest BCUT2D eigenvalue weighted by Crippen LogP contribution is 2.23. The van der Waals surface area contributed by atoms with Crippen LogP contribution in [0.4, 0.5) is 0 Å². The SMILES string of the molecule is CC1NCCO[C@H]1c1nc(Cl)cn(C2CCNCC2)c1=O. The van der Waals surface area contributed by atoms with Crippen LogP contribution >= 0.6 is 11.6 Å². The number of halogens is 1. The molecule has 7 heteroatoms. The average Bonchev–Trinajstić information content (AvgIpc) is 2.51. The molecule has 2 atom stereocenters. The summed E-state index contributed by atoms with van der Waals surface area (Å²) in [6, 6.07) is 0.240. The first kappa shape index (κ1) is 15.0. The van der Waals surface area contributed by atoms with Gasteiger partial charge in [0.25, 0.3) is 5.56 Å². The highest BCUT2D eigenvalue weighted by molar-refractivity contribution is 6.29. The van der Waals surface area contributed by atoms with E-state index >= 15 is 0 Å². The molecular formula is C14H21ClN4O2. The second kappa shape index (κ2) is 6.44. The van der Waals surface area contributed by atoms with Crippen LogP contribution in [0.2, 0.25) is 5.15 Å².